The SMILES string of the molecule is COc1ccc(C(N)(C(C)C)C(C)N(C)C)cc1. The Labute approximate surface area is 111 Å². The third-order valence-electron chi connectivity index (χ3n) is 4.01. The largest absolute Gasteiger partial charge is 0.497 e. The molecular weight excluding hydrogens is 224 g/mol. The van der Waals surface area contributed by atoms with E-state index in [0.29, 0.717) is 5.92 Å². The highest BCUT2D eigenvalue weighted by Gasteiger charge is 2.38. The van der Waals surface area contributed by atoms with Gasteiger partial charge < -0.3 is 15.4 Å². The summed E-state index contributed by atoms with van der Waals surface area (Å²) in [6.07, 6.45) is 0. The first-order valence-electron chi connectivity index (χ1n) is 6.43. The van der Waals surface area contributed by atoms with E-state index in [2.05, 4.69) is 51.9 Å². The highest BCUT2D eigenvalue weighted by molar-refractivity contribution is 5.33. The van der Waals surface area contributed by atoms with Crippen LogP contribution in [-0.2, 0) is 5.54 Å². The van der Waals surface area contributed by atoms with E-state index in [0.717, 1.165) is 11.3 Å². The van der Waals surface area contributed by atoms with E-state index in [4.69, 9.17) is 10.5 Å². The highest BCUT2D eigenvalue weighted by atomic mass is 16.5. The fraction of sp³-hybridized carbons (Fsp3) is 0.600. The molecule has 0 amide bonds. The van der Waals surface area contributed by atoms with Crippen molar-refractivity contribution in [3.05, 3.63) is 29.8 Å². The minimum Gasteiger partial charge on any atom is -0.497 e. The van der Waals surface area contributed by atoms with Crippen molar-refractivity contribution in [3.63, 3.8) is 0 Å². The van der Waals surface area contributed by atoms with Gasteiger partial charge in [-0.1, -0.05) is 26.0 Å². The predicted molar refractivity (Wildman–Crippen MR) is 76.8 cm³/mol. The summed E-state index contributed by atoms with van der Waals surface area (Å²) in [7, 11) is 5.81. The molecule has 18 heavy (non-hydrogen) atoms. The molecular formula is C15H26N2O. The fourth-order valence-electron chi connectivity index (χ4n) is 2.36. The smallest absolute Gasteiger partial charge is 0.118 e. The highest BCUT2D eigenvalue weighted by Crippen LogP contribution is 2.33. The Balaban J connectivity index is 3.18. The molecule has 3 nitrogen and oxygen atoms in total. The van der Waals surface area contributed by atoms with Crippen molar-refractivity contribution in [3.8, 4) is 5.75 Å². The van der Waals surface area contributed by atoms with Crippen LogP contribution in [0.1, 0.15) is 26.3 Å². The van der Waals surface area contributed by atoms with Crippen LogP contribution in [0.25, 0.3) is 0 Å². The topological polar surface area (TPSA) is 38.5 Å². The average Bonchev–Trinajstić information content (AvgIpc) is 2.36. The van der Waals surface area contributed by atoms with Crippen molar-refractivity contribution < 1.29 is 4.74 Å². The van der Waals surface area contributed by atoms with Crippen molar-refractivity contribution >= 4 is 0 Å². The Morgan fingerprint density at radius 2 is 1.61 bits per heavy atom. The van der Waals surface area contributed by atoms with Crippen molar-refractivity contribution in [1.82, 2.24) is 4.90 Å². The zero-order valence-corrected chi connectivity index (χ0v) is 12.4. The van der Waals surface area contributed by atoms with Crippen LogP contribution in [-0.4, -0.2) is 32.1 Å². The number of benzene rings is 1. The van der Waals surface area contributed by atoms with Crippen molar-refractivity contribution in [2.45, 2.75) is 32.4 Å². The van der Waals surface area contributed by atoms with Crippen LogP contribution in [0.2, 0.25) is 0 Å². The van der Waals surface area contributed by atoms with E-state index in [-0.39, 0.29) is 11.6 Å². The summed E-state index contributed by atoms with van der Waals surface area (Å²) in [4.78, 5) is 2.17. The molecule has 2 N–H and O–H groups in total. The predicted octanol–water partition coefficient (Wildman–Crippen LogP) is 2.46. The second kappa shape index (κ2) is 5.72. The molecule has 1 aromatic rings. The van der Waals surface area contributed by atoms with Gasteiger partial charge in [0, 0.05) is 6.04 Å². The van der Waals surface area contributed by atoms with Gasteiger partial charge in [0.1, 0.15) is 5.75 Å². The van der Waals surface area contributed by atoms with Crippen LogP contribution < -0.4 is 10.5 Å². The Bertz CT molecular complexity index is 373. The van der Waals surface area contributed by atoms with Crippen LogP contribution in [0.5, 0.6) is 5.75 Å². The number of ether oxygens (including phenoxy) is 1. The number of nitrogens with two attached hydrogens (primary N) is 1. The van der Waals surface area contributed by atoms with Gasteiger partial charge in [0.05, 0.1) is 12.6 Å². The molecule has 0 radical (unpaired) electrons. The Morgan fingerprint density at radius 1 is 1.11 bits per heavy atom. The van der Waals surface area contributed by atoms with E-state index < -0.39 is 0 Å². The van der Waals surface area contributed by atoms with Crippen LogP contribution in [0, 0.1) is 5.92 Å². The molecule has 0 saturated carbocycles. The number of likely N-dealkylation sites (N-methyl/N-ethyl adjacent to an activating group) is 1. The van der Waals surface area contributed by atoms with Crippen LogP contribution in [0.15, 0.2) is 24.3 Å². The summed E-state index contributed by atoms with van der Waals surface area (Å²) in [6.45, 7) is 6.51. The zero-order valence-electron chi connectivity index (χ0n) is 12.4. The molecule has 0 aromatic heterocycles. The molecule has 0 heterocycles. The molecule has 0 fully saturated rings. The summed E-state index contributed by atoms with van der Waals surface area (Å²) >= 11 is 0. The minimum atomic E-state index is -0.365. The van der Waals surface area contributed by atoms with Gasteiger partial charge in [-0.3, -0.25) is 0 Å². The van der Waals surface area contributed by atoms with Crippen molar-refractivity contribution in [2.75, 3.05) is 21.2 Å². The van der Waals surface area contributed by atoms with Gasteiger partial charge in [-0.15, -0.1) is 0 Å². The third-order valence-corrected chi connectivity index (χ3v) is 4.01. The van der Waals surface area contributed by atoms with E-state index >= 15 is 0 Å². The van der Waals surface area contributed by atoms with Gasteiger partial charge in [0.15, 0.2) is 0 Å². The molecule has 102 valence electrons. The quantitative estimate of drug-likeness (QED) is 0.872. The first-order valence-corrected chi connectivity index (χ1v) is 6.43. The van der Waals surface area contributed by atoms with Crippen LogP contribution in [0.4, 0.5) is 0 Å². The fourth-order valence-corrected chi connectivity index (χ4v) is 2.36. The third kappa shape index (κ3) is 2.68. The lowest BCUT2D eigenvalue weighted by atomic mass is 9.75. The summed E-state index contributed by atoms with van der Waals surface area (Å²) in [5.41, 5.74) is 7.50. The van der Waals surface area contributed by atoms with Gasteiger partial charge in [-0.05, 0) is 44.6 Å². The molecule has 0 aliphatic carbocycles. The molecule has 0 saturated heterocycles. The molecule has 3 heteroatoms. The maximum atomic E-state index is 6.72. The number of methoxy groups -OCH3 is 1. The van der Waals surface area contributed by atoms with Gasteiger partial charge in [-0.25, -0.2) is 0 Å². The van der Waals surface area contributed by atoms with E-state index in [1.54, 1.807) is 7.11 Å². The zero-order chi connectivity index (χ0) is 13.9. The summed E-state index contributed by atoms with van der Waals surface area (Å²) in [6, 6.07) is 8.34. The maximum absolute atomic E-state index is 6.72. The molecule has 1 aromatic carbocycles. The average molecular weight is 250 g/mol. The first-order chi connectivity index (χ1) is 8.33. The lowest BCUT2D eigenvalue weighted by Gasteiger charge is -2.43. The number of hydrogen-bond donors (Lipinski definition) is 1. The minimum absolute atomic E-state index is 0.255. The summed E-state index contributed by atoms with van der Waals surface area (Å²) in [5, 5.41) is 0. The standard InChI is InChI=1S/C15H26N2O/c1-11(2)15(16,12(3)17(4)5)13-7-9-14(18-6)10-8-13/h7-12H,16H2,1-6H3. The van der Waals surface area contributed by atoms with Gasteiger partial charge >= 0.3 is 0 Å². The molecule has 2 atom stereocenters. The molecule has 1 rings (SSSR count). The molecule has 0 aliphatic heterocycles. The lowest BCUT2D eigenvalue weighted by Crippen LogP contribution is -2.56. The Kier molecular flexibility index (Phi) is 4.77. The van der Waals surface area contributed by atoms with Crippen molar-refractivity contribution in [2.24, 2.45) is 11.7 Å². The van der Waals surface area contributed by atoms with Crippen LogP contribution in [0.3, 0.4) is 0 Å². The summed E-state index contributed by atoms with van der Waals surface area (Å²) in [5.74, 6) is 1.21. The monoisotopic (exact) mass is 250 g/mol. The second-order valence-corrected chi connectivity index (χ2v) is 5.46. The van der Waals surface area contributed by atoms with Crippen molar-refractivity contribution in [1.29, 1.82) is 0 Å². The maximum Gasteiger partial charge on any atom is 0.118 e. The van der Waals surface area contributed by atoms with Gasteiger partial charge in [0.2, 0.25) is 0 Å². The molecule has 0 aliphatic rings. The normalized spacial score (nSPS) is 16.7. The molecule has 0 spiro atoms. The molecule has 2 unspecified atom stereocenters. The Morgan fingerprint density at radius 3 is 1.94 bits per heavy atom. The number of nitrogens with zero attached hydrogens (tertiary/aromatic N) is 1. The van der Waals surface area contributed by atoms with Gasteiger partial charge in [-0.2, -0.15) is 0 Å². The summed E-state index contributed by atoms with van der Waals surface area (Å²) < 4.78 is 5.20. The second-order valence-electron chi connectivity index (χ2n) is 5.46. The van der Waals surface area contributed by atoms with E-state index in [9.17, 15) is 0 Å². The Hall–Kier alpha value is -1.06. The van der Waals surface area contributed by atoms with E-state index in [1.807, 2.05) is 12.1 Å². The van der Waals surface area contributed by atoms with Gasteiger partial charge in [0.25, 0.3) is 0 Å². The van der Waals surface area contributed by atoms with Crippen LogP contribution >= 0.6 is 0 Å². The molecule has 0 bridgehead atoms. The van der Waals surface area contributed by atoms with E-state index in [1.165, 1.54) is 0 Å². The lowest BCUT2D eigenvalue weighted by molar-refractivity contribution is 0.146. The number of rotatable bonds is 5. The first kappa shape index (κ1) is 15.0. The number of hydrogen-bond acceptors (Lipinski definition) is 3.